The summed E-state index contributed by atoms with van der Waals surface area (Å²) in [5, 5.41) is 10.2. The molecule has 7 atom stereocenters. The van der Waals surface area contributed by atoms with E-state index in [0.717, 1.165) is 36.5 Å². The van der Waals surface area contributed by atoms with Crippen LogP contribution in [-0.2, 0) is 0 Å². The lowest BCUT2D eigenvalue weighted by molar-refractivity contribution is -0.0871. The van der Waals surface area contributed by atoms with Crippen molar-refractivity contribution in [3.8, 4) is 0 Å². The van der Waals surface area contributed by atoms with Crippen molar-refractivity contribution in [2.24, 2.45) is 34.5 Å². The lowest BCUT2D eigenvalue weighted by atomic mass is 9.46. The highest BCUT2D eigenvalue weighted by atomic mass is 16.3. The van der Waals surface area contributed by atoms with E-state index in [9.17, 15) is 5.11 Å². The van der Waals surface area contributed by atoms with Crippen molar-refractivity contribution >= 4 is 0 Å². The Morgan fingerprint density at radius 1 is 1.05 bits per heavy atom. The number of rotatable bonds is 0. The van der Waals surface area contributed by atoms with Crippen molar-refractivity contribution in [3.63, 3.8) is 0 Å². The molecular weight excluding hydrogens is 244 g/mol. The Morgan fingerprint density at radius 2 is 1.90 bits per heavy atom. The average Bonchev–Trinajstić information content (AvgIpc) is 2.72. The molecule has 0 radical (unpaired) electrons. The van der Waals surface area contributed by atoms with E-state index in [4.69, 9.17) is 0 Å². The van der Waals surface area contributed by atoms with E-state index < -0.39 is 0 Å². The predicted molar refractivity (Wildman–Crippen MR) is 82.3 cm³/mol. The fourth-order valence-electron chi connectivity index (χ4n) is 6.86. The first-order valence-corrected chi connectivity index (χ1v) is 8.86. The molecule has 1 N–H and O–H groups in total. The van der Waals surface area contributed by atoms with Gasteiger partial charge in [0.1, 0.15) is 0 Å². The van der Waals surface area contributed by atoms with Crippen molar-refractivity contribution < 1.29 is 5.11 Å². The van der Waals surface area contributed by atoms with Gasteiger partial charge in [0.25, 0.3) is 0 Å². The van der Waals surface area contributed by atoms with E-state index >= 15 is 0 Å². The Hall–Kier alpha value is -0.300. The minimum absolute atomic E-state index is 0.0134. The summed E-state index contributed by atoms with van der Waals surface area (Å²) in [6, 6.07) is 0. The van der Waals surface area contributed by atoms with E-state index in [0.29, 0.717) is 10.8 Å². The first kappa shape index (κ1) is 13.4. The van der Waals surface area contributed by atoms with Gasteiger partial charge in [-0.2, -0.15) is 0 Å². The number of aliphatic hydroxyl groups excluding tert-OH is 1. The van der Waals surface area contributed by atoms with Gasteiger partial charge in [0.05, 0.1) is 6.10 Å². The van der Waals surface area contributed by atoms with Gasteiger partial charge < -0.3 is 5.11 Å². The van der Waals surface area contributed by atoms with Crippen molar-refractivity contribution in [2.75, 3.05) is 0 Å². The average molecular weight is 274 g/mol. The fraction of sp³-hybridized carbons (Fsp3) is 0.895. The van der Waals surface area contributed by atoms with Crippen LogP contribution in [0, 0.1) is 34.5 Å². The third-order valence-electron chi connectivity index (χ3n) is 7.96. The Balaban J connectivity index is 1.66. The molecule has 4 aliphatic rings. The monoisotopic (exact) mass is 274 g/mol. The number of hydrogen-bond acceptors (Lipinski definition) is 1. The SMILES string of the molecule is C[C@]12CC[C@H]3[C@@H](CCC4CC=CC[C@@]43C)[C@@H]1C[C@@H](O)C2. The molecule has 0 aromatic carbocycles. The molecule has 0 spiro atoms. The summed E-state index contributed by atoms with van der Waals surface area (Å²) >= 11 is 0. The van der Waals surface area contributed by atoms with Gasteiger partial charge in [-0.3, -0.25) is 0 Å². The fourth-order valence-corrected chi connectivity index (χ4v) is 6.86. The van der Waals surface area contributed by atoms with E-state index in [1.807, 2.05) is 0 Å². The van der Waals surface area contributed by atoms with Gasteiger partial charge in [-0.1, -0.05) is 26.0 Å². The molecule has 20 heavy (non-hydrogen) atoms. The molecule has 0 bridgehead atoms. The molecule has 0 heterocycles. The van der Waals surface area contributed by atoms with Gasteiger partial charge >= 0.3 is 0 Å². The zero-order valence-electron chi connectivity index (χ0n) is 13.1. The van der Waals surface area contributed by atoms with Gasteiger partial charge in [-0.05, 0) is 85.9 Å². The molecular formula is C19H30O. The molecule has 3 fully saturated rings. The zero-order valence-corrected chi connectivity index (χ0v) is 13.1. The molecule has 1 heteroatoms. The maximum Gasteiger partial charge on any atom is 0.0548 e. The maximum atomic E-state index is 10.2. The number of hydrogen-bond donors (Lipinski definition) is 1. The minimum atomic E-state index is -0.0134. The third-order valence-corrected chi connectivity index (χ3v) is 7.96. The van der Waals surface area contributed by atoms with Gasteiger partial charge in [-0.25, -0.2) is 0 Å². The summed E-state index contributed by atoms with van der Waals surface area (Å²) in [7, 11) is 0. The van der Waals surface area contributed by atoms with Gasteiger partial charge in [0.2, 0.25) is 0 Å². The maximum absolute atomic E-state index is 10.2. The summed E-state index contributed by atoms with van der Waals surface area (Å²) in [4.78, 5) is 0. The molecule has 4 rings (SSSR count). The molecule has 4 aliphatic carbocycles. The van der Waals surface area contributed by atoms with Crippen LogP contribution in [0.4, 0.5) is 0 Å². The smallest absolute Gasteiger partial charge is 0.0548 e. The van der Waals surface area contributed by atoms with E-state index in [1.54, 1.807) is 0 Å². The highest BCUT2D eigenvalue weighted by Crippen LogP contribution is 2.65. The predicted octanol–water partition coefficient (Wildman–Crippen LogP) is 4.56. The van der Waals surface area contributed by atoms with E-state index in [-0.39, 0.29) is 6.10 Å². The molecule has 0 saturated heterocycles. The quantitative estimate of drug-likeness (QED) is 0.642. The van der Waals surface area contributed by atoms with Crippen LogP contribution in [0.5, 0.6) is 0 Å². The molecule has 0 amide bonds. The highest BCUT2D eigenvalue weighted by Gasteiger charge is 2.58. The van der Waals surface area contributed by atoms with Gasteiger partial charge in [-0.15, -0.1) is 0 Å². The Labute approximate surface area is 123 Å². The molecule has 3 saturated carbocycles. The molecule has 0 aromatic rings. The Kier molecular flexibility index (Phi) is 2.91. The van der Waals surface area contributed by atoms with Crippen LogP contribution >= 0.6 is 0 Å². The lowest BCUT2D eigenvalue weighted by Crippen LogP contribution is -2.51. The molecule has 0 aromatic heterocycles. The van der Waals surface area contributed by atoms with Gasteiger partial charge in [0, 0.05) is 0 Å². The topological polar surface area (TPSA) is 20.2 Å². The van der Waals surface area contributed by atoms with E-state index in [1.165, 1.54) is 38.5 Å². The van der Waals surface area contributed by atoms with Crippen LogP contribution < -0.4 is 0 Å². The van der Waals surface area contributed by atoms with Crippen LogP contribution in [-0.4, -0.2) is 11.2 Å². The number of allylic oxidation sites excluding steroid dienone is 2. The largest absolute Gasteiger partial charge is 0.393 e. The first-order valence-electron chi connectivity index (χ1n) is 8.86. The Morgan fingerprint density at radius 3 is 2.75 bits per heavy atom. The van der Waals surface area contributed by atoms with Crippen LogP contribution in [0.1, 0.15) is 65.2 Å². The summed E-state index contributed by atoms with van der Waals surface area (Å²) in [5.41, 5.74) is 1.01. The highest BCUT2D eigenvalue weighted by molar-refractivity contribution is 5.11. The second-order valence-corrected chi connectivity index (χ2v) is 8.85. The normalized spacial score (nSPS) is 57.9. The molecule has 0 aliphatic heterocycles. The third kappa shape index (κ3) is 1.71. The van der Waals surface area contributed by atoms with Crippen molar-refractivity contribution in [2.45, 2.75) is 71.3 Å². The van der Waals surface area contributed by atoms with Crippen LogP contribution in [0.25, 0.3) is 0 Å². The van der Waals surface area contributed by atoms with Crippen molar-refractivity contribution in [1.82, 2.24) is 0 Å². The van der Waals surface area contributed by atoms with Crippen molar-refractivity contribution in [3.05, 3.63) is 12.2 Å². The van der Waals surface area contributed by atoms with Crippen LogP contribution in [0.2, 0.25) is 0 Å². The standard InChI is InChI=1S/C19H30O/c1-18-10-8-16-15(17(18)11-14(20)12-18)7-6-13-5-3-4-9-19(13,16)2/h3-4,13-17,20H,5-12H2,1-2H3/t13?,14-,15-,16+,17+,18-,19+/m1/s1. The zero-order chi connectivity index (χ0) is 14.0. The number of aliphatic hydroxyl groups is 1. The second-order valence-electron chi connectivity index (χ2n) is 8.85. The second kappa shape index (κ2) is 4.35. The minimum Gasteiger partial charge on any atom is -0.393 e. The van der Waals surface area contributed by atoms with Crippen molar-refractivity contribution in [1.29, 1.82) is 0 Å². The molecule has 112 valence electrons. The summed E-state index contributed by atoms with van der Waals surface area (Å²) < 4.78 is 0. The number of fused-ring (bicyclic) bond motifs is 5. The molecule has 1 unspecified atom stereocenters. The first-order chi connectivity index (χ1) is 9.53. The van der Waals surface area contributed by atoms with Gasteiger partial charge in [0.15, 0.2) is 0 Å². The summed E-state index contributed by atoms with van der Waals surface area (Å²) in [6.45, 7) is 5.06. The molecule has 1 nitrogen and oxygen atoms in total. The summed E-state index contributed by atoms with van der Waals surface area (Å²) in [5.74, 6) is 3.57. The summed E-state index contributed by atoms with van der Waals surface area (Å²) in [6.07, 6.45) is 15.3. The van der Waals surface area contributed by atoms with Crippen LogP contribution in [0.3, 0.4) is 0 Å². The van der Waals surface area contributed by atoms with E-state index in [2.05, 4.69) is 26.0 Å². The lowest BCUT2D eigenvalue weighted by Gasteiger charge is -2.59. The van der Waals surface area contributed by atoms with Crippen LogP contribution in [0.15, 0.2) is 12.2 Å². The Bertz CT molecular complexity index is 427.